The van der Waals surface area contributed by atoms with Crippen LogP contribution < -0.4 is 10.5 Å². The van der Waals surface area contributed by atoms with Crippen molar-refractivity contribution >= 4 is 17.3 Å². The highest BCUT2D eigenvalue weighted by Crippen LogP contribution is 2.23. The molecule has 1 atom stereocenters. The molecular formula is C9H11ClN2O2. The Morgan fingerprint density at radius 3 is 3.14 bits per heavy atom. The van der Waals surface area contributed by atoms with Crippen LogP contribution in [0.15, 0.2) is 12.1 Å². The molecule has 2 N–H and O–H groups in total. The van der Waals surface area contributed by atoms with Crippen molar-refractivity contribution in [3.8, 4) is 5.88 Å². The van der Waals surface area contributed by atoms with Crippen molar-refractivity contribution in [1.29, 1.82) is 0 Å². The number of anilines is 1. The van der Waals surface area contributed by atoms with Crippen molar-refractivity contribution in [2.24, 2.45) is 0 Å². The van der Waals surface area contributed by atoms with Crippen LogP contribution in [0.5, 0.6) is 5.88 Å². The van der Waals surface area contributed by atoms with E-state index in [1.165, 1.54) is 0 Å². The summed E-state index contributed by atoms with van der Waals surface area (Å²) in [6.07, 6.45) is 0.913. The minimum absolute atomic E-state index is 0.0447. The highest BCUT2D eigenvalue weighted by atomic mass is 35.5. The van der Waals surface area contributed by atoms with Gasteiger partial charge in [-0.05, 0) is 12.1 Å². The van der Waals surface area contributed by atoms with Gasteiger partial charge in [0.15, 0.2) is 0 Å². The van der Waals surface area contributed by atoms with Crippen LogP contribution in [0.1, 0.15) is 6.42 Å². The molecule has 0 saturated carbocycles. The van der Waals surface area contributed by atoms with E-state index in [-0.39, 0.29) is 6.10 Å². The van der Waals surface area contributed by atoms with E-state index in [0.717, 1.165) is 13.0 Å². The largest absolute Gasteiger partial charge is 0.470 e. The Hall–Kier alpha value is -1.00. The van der Waals surface area contributed by atoms with Crippen LogP contribution >= 0.6 is 11.6 Å². The second kappa shape index (κ2) is 4.02. The highest BCUT2D eigenvalue weighted by molar-refractivity contribution is 6.29. The molecule has 0 aliphatic carbocycles. The van der Waals surface area contributed by atoms with Gasteiger partial charge in [-0.1, -0.05) is 11.6 Å². The Labute approximate surface area is 87.0 Å². The quantitative estimate of drug-likeness (QED) is 0.758. The summed E-state index contributed by atoms with van der Waals surface area (Å²) in [7, 11) is 0. The maximum absolute atomic E-state index is 5.72. The lowest BCUT2D eigenvalue weighted by Gasteiger charge is -2.12. The molecule has 0 amide bonds. The smallest absolute Gasteiger partial charge is 0.238 e. The monoisotopic (exact) mass is 214 g/mol. The zero-order valence-electron chi connectivity index (χ0n) is 7.57. The van der Waals surface area contributed by atoms with E-state index in [9.17, 15) is 0 Å². The molecule has 1 aromatic heterocycles. The lowest BCUT2D eigenvalue weighted by atomic mass is 10.3. The Bertz CT molecular complexity index is 327. The third-order valence-electron chi connectivity index (χ3n) is 2.02. The number of ether oxygens (including phenoxy) is 2. The van der Waals surface area contributed by atoms with Gasteiger partial charge < -0.3 is 15.2 Å². The summed E-state index contributed by atoms with van der Waals surface area (Å²) in [5, 5.41) is 0.383. The van der Waals surface area contributed by atoms with Gasteiger partial charge in [-0.3, -0.25) is 0 Å². The summed E-state index contributed by atoms with van der Waals surface area (Å²) in [5.74, 6) is 0.396. The Morgan fingerprint density at radius 2 is 2.43 bits per heavy atom. The van der Waals surface area contributed by atoms with E-state index in [1.807, 2.05) is 0 Å². The number of hydrogen-bond donors (Lipinski definition) is 1. The maximum Gasteiger partial charge on any atom is 0.238 e. The van der Waals surface area contributed by atoms with Crippen molar-refractivity contribution in [2.75, 3.05) is 18.9 Å². The van der Waals surface area contributed by atoms with Gasteiger partial charge in [0, 0.05) is 6.42 Å². The van der Waals surface area contributed by atoms with Crippen LogP contribution in [-0.4, -0.2) is 24.3 Å². The van der Waals surface area contributed by atoms with Crippen molar-refractivity contribution in [3.63, 3.8) is 0 Å². The van der Waals surface area contributed by atoms with Gasteiger partial charge in [0.2, 0.25) is 5.88 Å². The lowest BCUT2D eigenvalue weighted by Crippen LogP contribution is -2.17. The number of nitrogens with two attached hydrogens (primary N) is 1. The molecule has 1 aromatic rings. The number of rotatable bonds is 2. The van der Waals surface area contributed by atoms with E-state index >= 15 is 0 Å². The summed E-state index contributed by atoms with van der Waals surface area (Å²) in [4.78, 5) is 4.00. The molecule has 1 aliphatic heterocycles. The zero-order valence-corrected chi connectivity index (χ0v) is 8.33. The van der Waals surface area contributed by atoms with Crippen LogP contribution in [0.4, 0.5) is 5.69 Å². The van der Waals surface area contributed by atoms with Crippen LogP contribution in [0.25, 0.3) is 0 Å². The number of nitrogen functional groups attached to an aromatic ring is 1. The topological polar surface area (TPSA) is 57.4 Å². The second-order valence-corrected chi connectivity index (χ2v) is 3.52. The highest BCUT2D eigenvalue weighted by Gasteiger charge is 2.18. The Kier molecular flexibility index (Phi) is 2.74. The molecule has 1 saturated heterocycles. The SMILES string of the molecule is Nc1ccc(Cl)nc1O[C@H]1CCOC1. The van der Waals surface area contributed by atoms with Crippen molar-refractivity contribution in [3.05, 3.63) is 17.3 Å². The van der Waals surface area contributed by atoms with Gasteiger partial charge in [0.25, 0.3) is 0 Å². The first-order valence-electron chi connectivity index (χ1n) is 4.42. The third-order valence-corrected chi connectivity index (χ3v) is 2.23. The number of hydrogen-bond acceptors (Lipinski definition) is 4. The minimum Gasteiger partial charge on any atom is -0.470 e. The normalized spacial score (nSPS) is 21.1. The van der Waals surface area contributed by atoms with Crippen molar-refractivity contribution < 1.29 is 9.47 Å². The molecule has 0 unspecified atom stereocenters. The predicted octanol–water partition coefficient (Wildman–Crippen LogP) is 1.48. The molecule has 0 aromatic carbocycles. The van der Waals surface area contributed by atoms with E-state index in [4.69, 9.17) is 26.8 Å². The average Bonchev–Trinajstić information content (AvgIpc) is 2.64. The average molecular weight is 215 g/mol. The standard InChI is InChI=1S/C9H11ClN2O2/c10-8-2-1-7(11)9(12-8)14-6-3-4-13-5-6/h1-2,6H,3-5,11H2/t6-/m0/s1. The predicted molar refractivity (Wildman–Crippen MR) is 53.5 cm³/mol. The van der Waals surface area contributed by atoms with Gasteiger partial charge in [-0.15, -0.1) is 0 Å². The lowest BCUT2D eigenvalue weighted by molar-refractivity contribution is 0.138. The fraction of sp³-hybridized carbons (Fsp3) is 0.444. The van der Waals surface area contributed by atoms with Gasteiger partial charge in [-0.2, -0.15) is 4.98 Å². The van der Waals surface area contributed by atoms with Crippen LogP contribution in [-0.2, 0) is 4.74 Å². The molecule has 2 rings (SSSR count). The number of nitrogens with zero attached hydrogens (tertiary/aromatic N) is 1. The van der Waals surface area contributed by atoms with E-state index in [0.29, 0.717) is 23.3 Å². The summed E-state index contributed by atoms with van der Waals surface area (Å²) >= 11 is 5.72. The van der Waals surface area contributed by atoms with Gasteiger partial charge in [0.05, 0.1) is 18.9 Å². The number of aromatic nitrogens is 1. The second-order valence-electron chi connectivity index (χ2n) is 3.13. The van der Waals surface area contributed by atoms with Gasteiger partial charge >= 0.3 is 0 Å². The third kappa shape index (κ3) is 2.08. The van der Waals surface area contributed by atoms with Crippen LogP contribution in [0, 0.1) is 0 Å². The molecule has 0 radical (unpaired) electrons. The molecule has 14 heavy (non-hydrogen) atoms. The van der Waals surface area contributed by atoms with Crippen LogP contribution in [0.3, 0.4) is 0 Å². The molecule has 5 heteroatoms. The molecule has 1 fully saturated rings. The fourth-order valence-corrected chi connectivity index (χ4v) is 1.43. The summed E-state index contributed by atoms with van der Waals surface area (Å²) in [5.41, 5.74) is 6.18. The first-order chi connectivity index (χ1) is 6.75. The van der Waals surface area contributed by atoms with Crippen molar-refractivity contribution in [1.82, 2.24) is 4.98 Å². The molecule has 4 nitrogen and oxygen atoms in total. The molecular weight excluding hydrogens is 204 g/mol. The molecule has 1 aliphatic rings. The van der Waals surface area contributed by atoms with Crippen molar-refractivity contribution in [2.45, 2.75) is 12.5 Å². The zero-order chi connectivity index (χ0) is 9.97. The molecule has 0 bridgehead atoms. The molecule has 0 spiro atoms. The Morgan fingerprint density at radius 1 is 1.57 bits per heavy atom. The first-order valence-corrected chi connectivity index (χ1v) is 4.80. The summed E-state index contributed by atoms with van der Waals surface area (Å²) in [6, 6.07) is 3.31. The maximum atomic E-state index is 5.72. The number of halogens is 1. The summed E-state index contributed by atoms with van der Waals surface area (Å²) < 4.78 is 10.7. The van der Waals surface area contributed by atoms with Gasteiger partial charge in [0.1, 0.15) is 11.3 Å². The minimum atomic E-state index is 0.0447. The van der Waals surface area contributed by atoms with Gasteiger partial charge in [-0.25, -0.2) is 0 Å². The van der Waals surface area contributed by atoms with E-state index in [2.05, 4.69) is 4.98 Å². The first kappa shape index (κ1) is 9.55. The number of pyridine rings is 1. The molecule has 2 heterocycles. The summed E-state index contributed by atoms with van der Waals surface area (Å²) in [6.45, 7) is 1.32. The van der Waals surface area contributed by atoms with E-state index < -0.39 is 0 Å². The van der Waals surface area contributed by atoms with Crippen LogP contribution in [0.2, 0.25) is 5.15 Å². The van der Waals surface area contributed by atoms with E-state index in [1.54, 1.807) is 12.1 Å². The molecule has 76 valence electrons. The Balaban J connectivity index is 2.10. The fourth-order valence-electron chi connectivity index (χ4n) is 1.29.